The molecule has 1 fully saturated rings. The zero-order chi connectivity index (χ0) is 9.97. The summed E-state index contributed by atoms with van der Waals surface area (Å²) in [5.41, 5.74) is 1.31. The van der Waals surface area contributed by atoms with Gasteiger partial charge in [0, 0.05) is 10.8 Å². The average Bonchev–Trinajstić information content (AvgIpc) is 2.61. The highest BCUT2D eigenvalue weighted by Crippen LogP contribution is 2.30. The van der Waals surface area contributed by atoms with E-state index in [2.05, 4.69) is 19.2 Å². The van der Waals surface area contributed by atoms with Crippen LogP contribution in [0.15, 0.2) is 0 Å². The Balaban J connectivity index is 2.14. The SMILES string of the molecule is CCc1nc(C2CCNCC2)sc1C. The third kappa shape index (κ3) is 1.98. The second-order valence-electron chi connectivity index (χ2n) is 3.93. The monoisotopic (exact) mass is 210 g/mol. The molecule has 0 saturated carbocycles. The zero-order valence-corrected chi connectivity index (χ0v) is 9.78. The van der Waals surface area contributed by atoms with Gasteiger partial charge in [-0.2, -0.15) is 0 Å². The number of hydrogen-bond donors (Lipinski definition) is 1. The minimum atomic E-state index is 0.722. The van der Waals surface area contributed by atoms with Gasteiger partial charge in [-0.1, -0.05) is 6.92 Å². The molecule has 1 aliphatic rings. The Morgan fingerprint density at radius 3 is 2.71 bits per heavy atom. The molecule has 0 unspecified atom stereocenters. The topological polar surface area (TPSA) is 24.9 Å². The lowest BCUT2D eigenvalue weighted by Gasteiger charge is -2.20. The fourth-order valence-electron chi connectivity index (χ4n) is 2.02. The molecule has 14 heavy (non-hydrogen) atoms. The van der Waals surface area contributed by atoms with Crippen molar-refractivity contribution in [1.29, 1.82) is 0 Å². The van der Waals surface area contributed by atoms with Crippen molar-refractivity contribution in [3.05, 3.63) is 15.6 Å². The van der Waals surface area contributed by atoms with E-state index in [4.69, 9.17) is 4.98 Å². The van der Waals surface area contributed by atoms with Gasteiger partial charge in [0.15, 0.2) is 0 Å². The molecule has 1 aliphatic heterocycles. The van der Waals surface area contributed by atoms with E-state index in [9.17, 15) is 0 Å². The number of rotatable bonds is 2. The number of thiazole rings is 1. The molecule has 1 N–H and O–H groups in total. The van der Waals surface area contributed by atoms with Gasteiger partial charge >= 0.3 is 0 Å². The maximum absolute atomic E-state index is 4.74. The lowest BCUT2D eigenvalue weighted by molar-refractivity contribution is 0.458. The summed E-state index contributed by atoms with van der Waals surface area (Å²) in [6, 6.07) is 0. The van der Waals surface area contributed by atoms with Crippen LogP contribution in [0, 0.1) is 6.92 Å². The van der Waals surface area contributed by atoms with Gasteiger partial charge in [-0.15, -0.1) is 11.3 Å². The fraction of sp³-hybridized carbons (Fsp3) is 0.727. The standard InChI is InChI=1S/C11H18N2S/c1-3-10-8(2)14-11(13-10)9-4-6-12-7-5-9/h9,12H,3-7H2,1-2H3. The first-order valence-corrected chi connectivity index (χ1v) is 6.29. The summed E-state index contributed by atoms with van der Waals surface area (Å²) in [7, 11) is 0. The Labute approximate surface area is 89.8 Å². The number of aromatic nitrogens is 1. The molecule has 0 aliphatic carbocycles. The molecular formula is C11H18N2S. The summed E-state index contributed by atoms with van der Waals surface area (Å²) in [5.74, 6) is 0.722. The van der Waals surface area contributed by atoms with E-state index in [-0.39, 0.29) is 0 Å². The number of nitrogens with one attached hydrogen (secondary N) is 1. The Morgan fingerprint density at radius 2 is 2.14 bits per heavy atom. The molecule has 1 aromatic rings. The summed E-state index contributed by atoms with van der Waals surface area (Å²) in [4.78, 5) is 6.16. The van der Waals surface area contributed by atoms with Gasteiger partial charge in [-0.05, 0) is 39.3 Å². The first-order valence-electron chi connectivity index (χ1n) is 5.48. The minimum absolute atomic E-state index is 0.722. The Bertz CT molecular complexity index is 300. The normalized spacial score (nSPS) is 18.7. The van der Waals surface area contributed by atoms with Crippen molar-refractivity contribution in [3.63, 3.8) is 0 Å². The molecule has 2 nitrogen and oxygen atoms in total. The number of piperidine rings is 1. The van der Waals surface area contributed by atoms with Gasteiger partial charge in [0.2, 0.25) is 0 Å². The quantitative estimate of drug-likeness (QED) is 0.811. The van der Waals surface area contributed by atoms with Crippen molar-refractivity contribution in [3.8, 4) is 0 Å². The maximum Gasteiger partial charge on any atom is 0.0962 e. The van der Waals surface area contributed by atoms with Crippen molar-refractivity contribution >= 4 is 11.3 Å². The van der Waals surface area contributed by atoms with E-state index in [0.717, 1.165) is 25.4 Å². The first-order chi connectivity index (χ1) is 6.81. The van der Waals surface area contributed by atoms with Crippen LogP contribution in [0.5, 0.6) is 0 Å². The molecule has 0 amide bonds. The zero-order valence-electron chi connectivity index (χ0n) is 8.97. The van der Waals surface area contributed by atoms with Gasteiger partial charge in [0.1, 0.15) is 0 Å². The van der Waals surface area contributed by atoms with Crippen LogP contribution in [0.1, 0.15) is 41.3 Å². The first kappa shape index (κ1) is 10.1. The van der Waals surface area contributed by atoms with Crippen LogP contribution < -0.4 is 5.32 Å². The number of aryl methyl sites for hydroxylation is 2. The average molecular weight is 210 g/mol. The van der Waals surface area contributed by atoms with Crippen molar-refractivity contribution in [2.45, 2.75) is 39.0 Å². The summed E-state index contributed by atoms with van der Waals surface area (Å²) in [6.07, 6.45) is 3.60. The lowest BCUT2D eigenvalue weighted by atomic mass is 9.99. The van der Waals surface area contributed by atoms with Gasteiger partial charge < -0.3 is 5.32 Å². The second-order valence-corrected chi connectivity index (χ2v) is 5.17. The van der Waals surface area contributed by atoms with Crippen LogP contribution in [0.2, 0.25) is 0 Å². The Kier molecular flexibility index (Phi) is 3.19. The molecular weight excluding hydrogens is 192 g/mol. The predicted molar refractivity (Wildman–Crippen MR) is 61.1 cm³/mol. The molecule has 2 heterocycles. The van der Waals surface area contributed by atoms with E-state index in [1.165, 1.54) is 28.4 Å². The predicted octanol–water partition coefficient (Wildman–Crippen LogP) is 2.48. The highest BCUT2D eigenvalue weighted by atomic mass is 32.1. The molecule has 0 radical (unpaired) electrons. The highest BCUT2D eigenvalue weighted by molar-refractivity contribution is 7.11. The number of nitrogens with zero attached hydrogens (tertiary/aromatic N) is 1. The molecule has 1 aromatic heterocycles. The maximum atomic E-state index is 4.74. The Hall–Kier alpha value is -0.410. The van der Waals surface area contributed by atoms with Crippen LogP contribution in [0.4, 0.5) is 0 Å². The molecule has 0 aromatic carbocycles. The Morgan fingerprint density at radius 1 is 1.43 bits per heavy atom. The molecule has 0 atom stereocenters. The van der Waals surface area contributed by atoms with Crippen LogP contribution in [0.3, 0.4) is 0 Å². The van der Waals surface area contributed by atoms with E-state index >= 15 is 0 Å². The second kappa shape index (κ2) is 4.41. The van der Waals surface area contributed by atoms with Crippen LogP contribution in [0.25, 0.3) is 0 Å². The van der Waals surface area contributed by atoms with Crippen molar-refractivity contribution in [2.24, 2.45) is 0 Å². The van der Waals surface area contributed by atoms with Gasteiger partial charge in [-0.25, -0.2) is 4.98 Å². The van der Waals surface area contributed by atoms with Crippen molar-refractivity contribution < 1.29 is 0 Å². The van der Waals surface area contributed by atoms with Crippen molar-refractivity contribution in [1.82, 2.24) is 10.3 Å². The van der Waals surface area contributed by atoms with E-state index in [1.54, 1.807) is 0 Å². The minimum Gasteiger partial charge on any atom is -0.317 e. The van der Waals surface area contributed by atoms with Gasteiger partial charge in [-0.3, -0.25) is 0 Å². The summed E-state index contributed by atoms with van der Waals surface area (Å²) < 4.78 is 0. The summed E-state index contributed by atoms with van der Waals surface area (Å²) >= 11 is 1.91. The third-order valence-corrected chi connectivity index (χ3v) is 4.11. The van der Waals surface area contributed by atoms with Crippen LogP contribution in [-0.4, -0.2) is 18.1 Å². The molecule has 1 saturated heterocycles. The lowest BCUT2D eigenvalue weighted by Crippen LogP contribution is -2.26. The van der Waals surface area contributed by atoms with Crippen LogP contribution in [-0.2, 0) is 6.42 Å². The van der Waals surface area contributed by atoms with Gasteiger partial charge in [0.05, 0.1) is 10.7 Å². The van der Waals surface area contributed by atoms with Crippen LogP contribution >= 0.6 is 11.3 Å². The fourth-order valence-corrected chi connectivity index (χ4v) is 3.20. The largest absolute Gasteiger partial charge is 0.317 e. The van der Waals surface area contributed by atoms with E-state index < -0.39 is 0 Å². The molecule has 78 valence electrons. The third-order valence-electron chi connectivity index (χ3n) is 2.93. The van der Waals surface area contributed by atoms with E-state index in [1.807, 2.05) is 11.3 Å². The van der Waals surface area contributed by atoms with Gasteiger partial charge in [0.25, 0.3) is 0 Å². The molecule has 3 heteroatoms. The number of hydrogen-bond acceptors (Lipinski definition) is 3. The molecule has 0 spiro atoms. The molecule has 2 rings (SSSR count). The summed E-state index contributed by atoms with van der Waals surface area (Å²) in [5, 5.41) is 4.77. The smallest absolute Gasteiger partial charge is 0.0962 e. The van der Waals surface area contributed by atoms with E-state index in [0.29, 0.717) is 0 Å². The summed E-state index contributed by atoms with van der Waals surface area (Å²) in [6.45, 7) is 6.70. The van der Waals surface area contributed by atoms with Crippen molar-refractivity contribution in [2.75, 3.05) is 13.1 Å². The molecule has 0 bridgehead atoms. The highest BCUT2D eigenvalue weighted by Gasteiger charge is 2.19.